The van der Waals surface area contributed by atoms with E-state index >= 15 is 0 Å². The highest BCUT2D eigenvalue weighted by atomic mass is 16.2. The van der Waals surface area contributed by atoms with E-state index < -0.39 is 0 Å². The zero-order chi connectivity index (χ0) is 10.2. The van der Waals surface area contributed by atoms with Crippen molar-refractivity contribution >= 4 is 5.91 Å². The summed E-state index contributed by atoms with van der Waals surface area (Å²) in [4.78, 5) is 13.7. The number of likely N-dealkylation sites (tertiary alicyclic amines) is 1. The summed E-state index contributed by atoms with van der Waals surface area (Å²) in [6.45, 7) is 12.0. The molecule has 0 bridgehead atoms. The summed E-state index contributed by atoms with van der Waals surface area (Å²) in [5.41, 5.74) is -0.220. The van der Waals surface area contributed by atoms with E-state index in [2.05, 4.69) is 20.4 Å². The Morgan fingerprint density at radius 2 is 2.15 bits per heavy atom. The molecule has 2 nitrogen and oxygen atoms in total. The number of carbonyl (C=O) groups is 1. The number of rotatable bonds is 2. The van der Waals surface area contributed by atoms with E-state index in [0.717, 1.165) is 6.42 Å². The van der Waals surface area contributed by atoms with Crippen LogP contribution in [0.25, 0.3) is 0 Å². The Kier molecular flexibility index (Phi) is 2.51. The number of hydrogen-bond donors (Lipinski definition) is 0. The topological polar surface area (TPSA) is 20.3 Å². The van der Waals surface area contributed by atoms with Gasteiger partial charge in [-0.15, -0.1) is 0 Å². The lowest BCUT2D eigenvalue weighted by Crippen LogP contribution is -2.29. The van der Waals surface area contributed by atoms with Crippen LogP contribution in [0.2, 0.25) is 0 Å². The summed E-state index contributed by atoms with van der Waals surface area (Å²) in [5, 5.41) is 0. The van der Waals surface area contributed by atoms with Crippen molar-refractivity contribution in [1.82, 2.24) is 4.90 Å². The normalized spacial score (nSPS) is 32.3. The van der Waals surface area contributed by atoms with Gasteiger partial charge in [0.15, 0.2) is 0 Å². The molecule has 0 aromatic heterocycles. The van der Waals surface area contributed by atoms with Crippen molar-refractivity contribution < 1.29 is 4.79 Å². The van der Waals surface area contributed by atoms with Crippen molar-refractivity contribution in [2.75, 3.05) is 0 Å². The quantitative estimate of drug-likeness (QED) is 0.640. The van der Waals surface area contributed by atoms with Gasteiger partial charge in [0, 0.05) is 11.5 Å². The van der Waals surface area contributed by atoms with E-state index in [4.69, 9.17) is 0 Å². The Hall–Kier alpha value is -0.790. The summed E-state index contributed by atoms with van der Waals surface area (Å²) in [6.07, 6.45) is 2.70. The molecule has 1 aliphatic heterocycles. The molecule has 0 aliphatic carbocycles. The van der Waals surface area contributed by atoms with Crippen LogP contribution in [0.4, 0.5) is 0 Å². The number of nitrogens with zero attached hydrogens (tertiary/aromatic N) is 1. The van der Waals surface area contributed by atoms with Crippen LogP contribution in [0.5, 0.6) is 0 Å². The molecule has 1 aliphatic rings. The first kappa shape index (κ1) is 10.3. The van der Waals surface area contributed by atoms with Gasteiger partial charge in [0.1, 0.15) is 0 Å². The summed E-state index contributed by atoms with van der Waals surface area (Å²) in [6, 6.07) is 0.296. The Bertz CT molecular complexity index is 232. The summed E-state index contributed by atoms with van der Waals surface area (Å²) in [7, 11) is 0. The van der Waals surface area contributed by atoms with Crippen LogP contribution in [-0.4, -0.2) is 16.8 Å². The average molecular weight is 181 g/mol. The van der Waals surface area contributed by atoms with Crippen molar-refractivity contribution in [3.63, 3.8) is 0 Å². The number of amides is 1. The highest BCUT2D eigenvalue weighted by Crippen LogP contribution is 2.42. The van der Waals surface area contributed by atoms with Gasteiger partial charge in [-0.05, 0) is 19.0 Å². The van der Waals surface area contributed by atoms with Crippen LogP contribution in [0.3, 0.4) is 0 Å². The maximum Gasteiger partial charge on any atom is 0.232 e. The minimum Gasteiger partial charge on any atom is -0.316 e. The maximum absolute atomic E-state index is 11.9. The Morgan fingerprint density at radius 1 is 1.62 bits per heavy atom. The van der Waals surface area contributed by atoms with Gasteiger partial charge in [0.05, 0.1) is 0 Å². The molecule has 1 rings (SSSR count). The predicted octanol–water partition coefficient (Wildman–Crippen LogP) is 2.41. The molecular formula is C11H19NO. The van der Waals surface area contributed by atoms with Crippen LogP contribution in [0.15, 0.2) is 12.8 Å². The van der Waals surface area contributed by atoms with Crippen LogP contribution in [0.1, 0.15) is 34.1 Å². The van der Waals surface area contributed by atoms with E-state index in [1.54, 1.807) is 11.1 Å². The van der Waals surface area contributed by atoms with E-state index in [9.17, 15) is 4.79 Å². The third-order valence-corrected chi connectivity index (χ3v) is 3.37. The fourth-order valence-electron chi connectivity index (χ4n) is 2.57. The Labute approximate surface area is 80.6 Å². The predicted molar refractivity (Wildman–Crippen MR) is 54.1 cm³/mol. The zero-order valence-corrected chi connectivity index (χ0v) is 9.00. The first-order valence-corrected chi connectivity index (χ1v) is 4.92. The first-order valence-electron chi connectivity index (χ1n) is 4.92. The van der Waals surface area contributed by atoms with E-state index in [-0.39, 0.29) is 11.3 Å². The summed E-state index contributed by atoms with van der Waals surface area (Å²) < 4.78 is 0. The molecule has 1 saturated heterocycles. The molecule has 1 heterocycles. The maximum atomic E-state index is 11.9. The van der Waals surface area contributed by atoms with Crippen molar-refractivity contribution in [1.29, 1.82) is 0 Å². The van der Waals surface area contributed by atoms with Crippen LogP contribution in [0, 0.1) is 11.3 Å². The largest absolute Gasteiger partial charge is 0.316 e. The lowest BCUT2D eigenvalue weighted by molar-refractivity contribution is -0.133. The molecule has 2 unspecified atom stereocenters. The van der Waals surface area contributed by atoms with Crippen molar-refractivity contribution in [2.45, 2.75) is 40.2 Å². The van der Waals surface area contributed by atoms with Gasteiger partial charge in [-0.1, -0.05) is 33.8 Å². The molecule has 0 aromatic carbocycles. The van der Waals surface area contributed by atoms with Gasteiger partial charge in [-0.25, -0.2) is 0 Å². The van der Waals surface area contributed by atoms with Gasteiger partial charge < -0.3 is 4.90 Å². The Balaban J connectivity index is 3.02. The van der Waals surface area contributed by atoms with Crippen LogP contribution >= 0.6 is 0 Å². The smallest absolute Gasteiger partial charge is 0.232 e. The lowest BCUT2D eigenvalue weighted by Gasteiger charge is -2.24. The third-order valence-electron chi connectivity index (χ3n) is 3.37. The highest BCUT2D eigenvalue weighted by molar-refractivity contribution is 5.86. The van der Waals surface area contributed by atoms with Gasteiger partial charge >= 0.3 is 0 Å². The second-order valence-electron chi connectivity index (χ2n) is 4.37. The molecule has 0 N–H and O–H groups in total. The SMILES string of the molecule is C=CN1C(=O)C(C)(C)C(CC)C1C. The van der Waals surface area contributed by atoms with Crippen LogP contribution < -0.4 is 0 Å². The van der Waals surface area contributed by atoms with E-state index in [0.29, 0.717) is 12.0 Å². The summed E-state index contributed by atoms with van der Waals surface area (Å²) in [5.74, 6) is 0.653. The molecule has 74 valence electrons. The molecule has 2 atom stereocenters. The summed E-state index contributed by atoms with van der Waals surface area (Å²) >= 11 is 0. The second kappa shape index (κ2) is 3.17. The fraction of sp³-hybridized carbons (Fsp3) is 0.727. The average Bonchev–Trinajstić information content (AvgIpc) is 2.20. The van der Waals surface area contributed by atoms with Gasteiger partial charge in [-0.2, -0.15) is 0 Å². The minimum atomic E-state index is -0.220. The monoisotopic (exact) mass is 181 g/mol. The molecule has 1 fully saturated rings. The standard InChI is InChI=1S/C11H19NO/c1-6-9-8(3)12(7-2)10(13)11(9,4)5/h7-9H,2,6H2,1,3-5H3. The molecule has 0 spiro atoms. The second-order valence-corrected chi connectivity index (χ2v) is 4.37. The van der Waals surface area contributed by atoms with E-state index in [1.807, 2.05) is 13.8 Å². The minimum absolute atomic E-state index is 0.210. The molecular weight excluding hydrogens is 162 g/mol. The van der Waals surface area contributed by atoms with Gasteiger partial charge in [0.2, 0.25) is 5.91 Å². The van der Waals surface area contributed by atoms with Gasteiger partial charge in [-0.3, -0.25) is 4.79 Å². The zero-order valence-electron chi connectivity index (χ0n) is 9.00. The molecule has 0 saturated carbocycles. The van der Waals surface area contributed by atoms with Gasteiger partial charge in [0.25, 0.3) is 0 Å². The molecule has 1 amide bonds. The third kappa shape index (κ3) is 1.28. The van der Waals surface area contributed by atoms with Crippen LogP contribution in [-0.2, 0) is 4.79 Å². The van der Waals surface area contributed by atoms with E-state index in [1.165, 1.54) is 0 Å². The number of hydrogen-bond acceptors (Lipinski definition) is 1. The van der Waals surface area contributed by atoms with Crippen molar-refractivity contribution in [2.24, 2.45) is 11.3 Å². The first-order chi connectivity index (χ1) is 5.96. The number of carbonyl (C=O) groups excluding carboxylic acids is 1. The molecule has 0 radical (unpaired) electrons. The fourth-order valence-corrected chi connectivity index (χ4v) is 2.57. The molecule has 2 heteroatoms. The molecule has 0 aromatic rings. The molecule has 13 heavy (non-hydrogen) atoms. The highest BCUT2D eigenvalue weighted by Gasteiger charge is 2.49. The van der Waals surface area contributed by atoms with Crippen molar-refractivity contribution in [3.8, 4) is 0 Å². The lowest BCUT2D eigenvalue weighted by atomic mass is 9.77. The van der Waals surface area contributed by atoms with Crippen molar-refractivity contribution in [3.05, 3.63) is 12.8 Å². The Morgan fingerprint density at radius 3 is 2.38 bits per heavy atom.